The number of anilines is 1. The number of morpholine rings is 1. The third-order valence-electron chi connectivity index (χ3n) is 6.99. The van der Waals surface area contributed by atoms with E-state index in [0.29, 0.717) is 37.1 Å². The molecule has 2 aliphatic heterocycles. The quantitative estimate of drug-likeness (QED) is 0.447. The van der Waals surface area contributed by atoms with Gasteiger partial charge in [-0.15, -0.1) is 11.8 Å². The van der Waals surface area contributed by atoms with Crippen molar-refractivity contribution in [1.29, 1.82) is 0 Å². The highest BCUT2D eigenvalue weighted by molar-refractivity contribution is 8.00. The van der Waals surface area contributed by atoms with Crippen LogP contribution < -0.4 is 4.90 Å². The first kappa shape index (κ1) is 26.8. The van der Waals surface area contributed by atoms with Crippen LogP contribution in [0.1, 0.15) is 48.4 Å². The van der Waals surface area contributed by atoms with E-state index in [1.807, 2.05) is 60.1 Å². The van der Waals surface area contributed by atoms with Crippen molar-refractivity contribution in [2.75, 3.05) is 43.5 Å². The number of halogens is 1. The maximum absolute atomic E-state index is 13.8. The number of fused-ring (bicyclic) bond motifs is 1. The standard InChI is InChI=1S/C29H33ClN4O3S/c1-19-9-5-8-12-22(19)34-28-25(27(31-34)29(2,3)4)26(20-10-6-7-11-21(20)30)38-18-24(36)33(28)17-23(35)32-13-15-37-16-14-32/h5-12,26H,13-18H2,1-4H3. The number of rotatable bonds is 4. The Morgan fingerprint density at radius 2 is 1.79 bits per heavy atom. The van der Waals surface area contributed by atoms with Crippen molar-refractivity contribution < 1.29 is 14.3 Å². The highest BCUT2D eigenvalue weighted by Gasteiger charge is 2.41. The Bertz CT molecular complexity index is 1360. The lowest BCUT2D eigenvalue weighted by Gasteiger charge is -2.30. The van der Waals surface area contributed by atoms with Crippen molar-refractivity contribution in [2.24, 2.45) is 0 Å². The molecule has 0 N–H and O–H groups in total. The van der Waals surface area contributed by atoms with Gasteiger partial charge >= 0.3 is 0 Å². The van der Waals surface area contributed by atoms with Gasteiger partial charge in [0, 0.05) is 29.1 Å². The maximum atomic E-state index is 13.8. The third-order valence-corrected chi connectivity index (χ3v) is 8.57. The zero-order chi connectivity index (χ0) is 27.0. The van der Waals surface area contributed by atoms with E-state index in [0.717, 1.165) is 28.1 Å². The van der Waals surface area contributed by atoms with Crippen molar-refractivity contribution in [3.05, 3.63) is 75.9 Å². The van der Waals surface area contributed by atoms with Gasteiger partial charge in [-0.3, -0.25) is 14.5 Å². The summed E-state index contributed by atoms with van der Waals surface area (Å²) in [6.07, 6.45) is 0. The van der Waals surface area contributed by atoms with E-state index in [-0.39, 0.29) is 34.8 Å². The van der Waals surface area contributed by atoms with Gasteiger partial charge in [0.05, 0.1) is 35.6 Å². The summed E-state index contributed by atoms with van der Waals surface area (Å²) in [4.78, 5) is 30.7. The first-order valence-electron chi connectivity index (χ1n) is 12.9. The summed E-state index contributed by atoms with van der Waals surface area (Å²) in [7, 11) is 0. The molecule has 2 amide bonds. The van der Waals surface area contributed by atoms with Gasteiger partial charge in [-0.1, -0.05) is 68.8 Å². The molecule has 1 atom stereocenters. The Kier molecular flexibility index (Phi) is 7.58. The number of benzene rings is 2. The Morgan fingerprint density at radius 1 is 1.11 bits per heavy atom. The van der Waals surface area contributed by atoms with Crippen LogP contribution >= 0.6 is 23.4 Å². The van der Waals surface area contributed by atoms with Crippen molar-refractivity contribution in [1.82, 2.24) is 14.7 Å². The number of hydrogen-bond acceptors (Lipinski definition) is 5. The molecular weight excluding hydrogens is 520 g/mol. The second-order valence-corrected chi connectivity index (χ2v) is 12.2. The first-order valence-corrected chi connectivity index (χ1v) is 14.3. The minimum atomic E-state index is -0.328. The van der Waals surface area contributed by atoms with Gasteiger partial charge in [-0.25, -0.2) is 4.68 Å². The van der Waals surface area contributed by atoms with Gasteiger partial charge in [0.1, 0.15) is 12.4 Å². The monoisotopic (exact) mass is 552 g/mol. The molecule has 0 radical (unpaired) electrons. The van der Waals surface area contributed by atoms with E-state index >= 15 is 0 Å². The summed E-state index contributed by atoms with van der Waals surface area (Å²) < 4.78 is 7.30. The van der Waals surface area contributed by atoms with Crippen molar-refractivity contribution in [3.63, 3.8) is 0 Å². The zero-order valence-corrected chi connectivity index (χ0v) is 23.8. The van der Waals surface area contributed by atoms with Crippen LogP contribution in [0.4, 0.5) is 5.82 Å². The number of nitrogens with zero attached hydrogens (tertiary/aromatic N) is 4. The lowest BCUT2D eigenvalue weighted by Crippen LogP contribution is -2.48. The molecule has 1 fully saturated rings. The molecule has 0 bridgehead atoms. The molecule has 1 unspecified atom stereocenters. The highest BCUT2D eigenvalue weighted by atomic mass is 35.5. The average molecular weight is 553 g/mol. The summed E-state index contributed by atoms with van der Waals surface area (Å²) in [5, 5.41) is 5.59. The Balaban J connectivity index is 1.75. The molecule has 9 heteroatoms. The molecule has 1 saturated heterocycles. The zero-order valence-electron chi connectivity index (χ0n) is 22.2. The van der Waals surface area contributed by atoms with Crippen molar-refractivity contribution in [3.8, 4) is 5.69 Å². The summed E-state index contributed by atoms with van der Waals surface area (Å²) in [5.74, 6) is 0.648. The van der Waals surface area contributed by atoms with Crippen LogP contribution in [-0.4, -0.2) is 65.1 Å². The topological polar surface area (TPSA) is 67.7 Å². The van der Waals surface area contributed by atoms with Crippen LogP contribution in [0.3, 0.4) is 0 Å². The number of amides is 2. The molecule has 0 aliphatic carbocycles. The van der Waals surface area contributed by atoms with Gasteiger partial charge < -0.3 is 9.64 Å². The molecule has 38 heavy (non-hydrogen) atoms. The molecule has 0 spiro atoms. The molecule has 2 aliphatic rings. The van der Waals surface area contributed by atoms with E-state index in [9.17, 15) is 9.59 Å². The van der Waals surface area contributed by atoms with Gasteiger partial charge in [0.25, 0.3) is 0 Å². The van der Waals surface area contributed by atoms with E-state index in [1.165, 1.54) is 11.8 Å². The van der Waals surface area contributed by atoms with Crippen molar-refractivity contribution >= 4 is 41.0 Å². The number of carbonyl (C=O) groups excluding carboxylic acids is 2. The summed E-state index contributed by atoms with van der Waals surface area (Å²) in [6.45, 7) is 10.4. The van der Waals surface area contributed by atoms with Gasteiger partial charge in [0.2, 0.25) is 11.8 Å². The Labute approximate surface area is 233 Å². The Hall–Kier alpha value is -2.81. The number of carbonyl (C=O) groups is 2. The van der Waals surface area contributed by atoms with Gasteiger partial charge in [0.15, 0.2) is 0 Å². The molecule has 1 aromatic heterocycles. The normalized spacial score (nSPS) is 18.3. The second-order valence-electron chi connectivity index (χ2n) is 10.7. The van der Waals surface area contributed by atoms with Crippen LogP contribution in [0, 0.1) is 6.92 Å². The smallest absolute Gasteiger partial charge is 0.242 e. The van der Waals surface area contributed by atoms with Crippen LogP contribution in [0.25, 0.3) is 5.69 Å². The molecular formula is C29H33ClN4O3S. The first-order chi connectivity index (χ1) is 18.2. The van der Waals surface area contributed by atoms with Crippen LogP contribution in [0.15, 0.2) is 48.5 Å². The minimum absolute atomic E-state index is 0.0528. The Morgan fingerprint density at radius 3 is 2.47 bits per heavy atom. The number of hydrogen-bond donors (Lipinski definition) is 0. The molecule has 7 nitrogen and oxygen atoms in total. The number of aryl methyl sites for hydroxylation is 1. The van der Waals surface area contributed by atoms with Gasteiger partial charge in [-0.05, 0) is 30.2 Å². The molecule has 5 rings (SSSR count). The SMILES string of the molecule is Cc1ccccc1-n1nc(C(C)(C)C)c2c1N(CC(=O)N1CCOCC1)C(=O)CSC2c1ccccc1Cl. The van der Waals surface area contributed by atoms with Crippen LogP contribution in [0.5, 0.6) is 0 Å². The molecule has 3 heterocycles. The maximum Gasteiger partial charge on any atom is 0.242 e. The number of para-hydroxylation sites is 1. The van der Waals surface area contributed by atoms with E-state index < -0.39 is 0 Å². The van der Waals surface area contributed by atoms with E-state index in [4.69, 9.17) is 21.4 Å². The van der Waals surface area contributed by atoms with Gasteiger partial charge in [-0.2, -0.15) is 5.10 Å². The fourth-order valence-electron chi connectivity index (χ4n) is 5.02. The fraction of sp³-hybridized carbons (Fsp3) is 0.414. The summed E-state index contributed by atoms with van der Waals surface area (Å²) >= 11 is 8.28. The van der Waals surface area contributed by atoms with E-state index in [2.05, 4.69) is 20.8 Å². The van der Waals surface area contributed by atoms with Crippen LogP contribution in [0.2, 0.25) is 5.02 Å². The summed E-state index contributed by atoms with van der Waals surface area (Å²) in [5.41, 5.74) is 4.32. The molecule has 200 valence electrons. The molecule has 2 aromatic carbocycles. The predicted octanol–water partition coefficient (Wildman–Crippen LogP) is 5.16. The predicted molar refractivity (Wildman–Crippen MR) is 153 cm³/mol. The number of ether oxygens (including phenoxy) is 1. The third kappa shape index (κ3) is 5.09. The largest absolute Gasteiger partial charge is 0.378 e. The number of aromatic nitrogens is 2. The van der Waals surface area contributed by atoms with Crippen molar-refractivity contribution in [2.45, 2.75) is 38.4 Å². The molecule has 0 saturated carbocycles. The average Bonchev–Trinajstić information content (AvgIpc) is 3.23. The second kappa shape index (κ2) is 10.8. The highest BCUT2D eigenvalue weighted by Crippen LogP contribution is 2.49. The lowest BCUT2D eigenvalue weighted by atomic mass is 9.87. The van der Waals surface area contributed by atoms with E-state index in [1.54, 1.807) is 9.80 Å². The lowest BCUT2D eigenvalue weighted by molar-refractivity contribution is -0.134. The van der Waals surface area contributed by atoms with Crippen LogP contribution in [-0.2, 0) is 19.7 Å². The number of thioether (sulfide) groups is 1. The minimum Gasteiger partial charge on any atom is -0.378 e. The fourth-order valence-corrected chi connectivity index (χ4v) is 6.57. The molecule has 3 aromatic rings. The summed E-state index contributed by atoms with van der Waals surface area (Å²) in [6, 6.07) is 15.8.